The standard InChI is InChI=1S/C28H28F4N6O4/c1-37-10-9-19(18(29)14-37)34-24(39)15-7-8-20(22(11-15)41-3)35-27-33-12-17(28(30,31)32)25(36-27)42-21-6-4-5-16-13-38(2)26(40)23(16)21/h4-8,11-12,18-19H,9-10,13-14H2,1-3H3,(H,34,39)(H,33,35,36)/t18-,19?/m1/s1. The topological polar surface area (TPSA) is 109 Å². The SMILES string of the molecule is COc1cc(C(=O)NC2CCN(C)C[C@H]2F)ccc1Nc1ncc(C(F)(F)F)c(Oc2cccc3c2C(=O)N(C)C3)n1. The Hall–Kier alpha value is -4.46. The van der Waals surface area contributed by atoms with Gasteiger partial charge in [-0.15, -0.1) is 0 Å². The molecule has 2 aliphatic rings. The van der Waals surface area contributed by atoms with Crippen LogP contribution in [0.3, 0.4) is 0 Å². The lowest BCUT2D eigenvalue weighted by Crippen LogP contribution is -2.51. The first-order chi connectivity index (χ1) is 19.9. The first-order valence-corrected chi connectivity index (χ1v) is 13.0. The third kappa shape index (κ3) is 5.93. The molecule has 1 saturated heterocycles. The molecule has 5 rings (SSSR count). The summed E-state index contributed by atoms with van der Waals surface area (Å²) in [6, 6.07) is 8.39. The molecule has 3 aromatic rings. The summed E-state index contributed by atoms with van der Waals surface area (Å²) in [7, 11) is 4.74. The quantitative estimate of drug-likeness (QED) is 0.391. The van der Waals surface area contributed by atoms with Crippen LogP contribution >= 0.6 is 0 Å². The Kier molecular flexibility index (Phi) is 7.91. The second-order valence-electron chi connectivity index (χ2n) is 10.2. The number of nitrogens with one attached hydrogen (secondary N) is 2. The molecule has 2 N–H and O–H groups in total. The van der Waals surface area contributed by atoms with Crippen LogP contribution in [0.25, 0.3) is 0 Å². The Bertz CT molecular complexity index is 1520. The number of anilines is 2. The number of halogens is 4. The van der Waals surface area contributed by atoms with Gasteiger partial charge in [0.25, 0.3) is 11.8 Å². The number of benzene rings is 2. The van der Waals surface area contributed by atoms with Crippen LogP contribution < -0.4 is 20.1 Å². The summed E-state index contributed by atoms with van der Waals surface area (Å²) in [6.07, 6.45) is -5.01. The monoisotopic (exact) mass is 588 g/mol. The minimum Gasteiger partial charge on any atom is -0.495 e. The highest BCUT2D eigenvalue weighted by atomic mass is 19.4. The molecule has 2 aliphatic heterocycles. The Morgan fingerprint density at radius 1 is 1.14 bits per heavy atom. The van der Waals surface area contributed by atoms with E-state index in [1.165, 1.54) is 36.3 Å². The van der Waals surface area contributed by atoms with E-state index in [9.17, 15) is 27.2 Å². The van der Waals surface area contributed by atoms with Crippen molar-refractivity contribution >= 4 is 23.5 Å². The molecule has 2 amide bonds. The van der Waals surface area contributed by atoms with Crippen molar-refractivity contribution in [2.24, 2.45) is 0 Å². The van der Waals surface area contributed by atoms with Gasteiger partial charge in [-0.25, -0.2) is 9.37 Å². The molecule has 222 valence electrons. The molecule has 1 aromatic heterocycles. The molecule has 42 heavy (non-hydrogen) atoms. The average Bonchev–Trinajstić information content (AvgIpc) is 3.23. The lowest BCUT2D eigenvalue weighted by molar-refractivity contribution is -0.139. The molecule has 10 nitrogen and oxygen atoms in total. The van der Waals surface area contributed by atoms with Crippen molar-refractivity contribution in [1.82, 2.24) is 25.1 Å². The Balaban J connectivity index is 1.39. The van der Waals surface area contributed by atoms with Crippen LogP contribution in [0.15, 0.2) is 42.6 Å². The first kappa shape index (κ1) is 29.0. The number of likely N-dealkylation sites (tertiary alicyclic amines) is 1. The summed E-state index contributed by atoms with van der Waals surface area (Å²) in [5.74, 6) is -1.82. The van der Waals surface area contributed by atoms with E-state index in [1.54, 1.807) is 19.2 Å². The number of nitrogens with zero attached hydrogens (tertiary/aromatic N) is 4. The summed E-state index contributed by atoms with van der Waals surface area (Å²) < 4.78 is 66.9. The number of rotatable bonds is 7. The zero-order valence-electron chi connectivity index (χ0n) is 23.0. The third-order valence-electron chi connectivity index (χ3n) is 7.12. The molecular formula is C28H28F4N6O4. The van der Waals surface area contributed by atoms with E-state index in [0.29, 0.717) is 31.3 Å². The second kappa shape index (κ2) is 11.4. The van der Waals surface area contributed by atoms with Crippen molar-refractivity contribution in [2.75, 3.05) is 39.6 Å². The summed E-state index contributed by atoms with van der Waals surface area (Å²) in [6.45, 7) is 1.17. The highest BCUT2D eigenvalue weighted by molar-refractivity contribution is 6.01. The van der Waals surface area contributed by atoms with Gasteiger partial charge in [0.15, 0.2) is 0 Å². The predicted octanol–water partition coefficient (Wildman–Crippen LogP) is 4.40. The zero-order valence-corrected chi connectivity index (χ0v) is 23.0. The smallest absolute Gasteiger partial charge is 0.423 e. The number of ether oxygens (including phenoxy) is 2. The fourth-order valence-electron chi connectivity index (χ4n) is 4.88. The van der Waals surface area contributed by atoms with Crippen LogP contribution in [0.5, 0.6) is 17.4 Å². The number of alkyl halides is 4. The van der Waals surface area contributed by atoms with Crippen molar-refractivity contribution in [1.29, 1.82) is 0 Å². The van der Waals surface area contributed by atoms with E-state index in [1.807, 2.05) is 11.9 Å². The van der Waals surface area contributed by atoms with Gasteiger partial charge in [0.1, 0.15) is 23.2 Å². The minimum absolute atomic E-state index is 0.0647. The molecule has 0 radical (unpaired) electrons. The maximum atomic E-state index is 14.4. The number of aromatic nitrogens is 2. The zero-order chi connectivity index (χ0) is 30.2. The summed E-state index contributed by atoms with van der Waals surface area (Å²) >= 11 is 0. The normalized spacial score (nSPS) is 18.9. The maximum Gasteiger partial charge on any atom is 0.423 e. The van der Waals surface area contributed by atoms with Crippen molar-refractivity contribution in [3.8, 4) is 17.4 Å². The minimum atomic E-state index is -4.84. The number of methoxy groups -OCH3 is 1. The number of hydrogen-bond donors (Lipinski definition) is 2. The van der Waals surface area contributed by atoms with E-state index >= 15 is 0 Å². The van der Waals surface area contributed by atoms with Crippen molar-refractivity contribution in [2.45, 2.75) is 31.4 Å². The molecule has 0 aliphatic carbocycles. The molecule has 2 atom stereocenters. The number of amides is 2. The molecule has 0 bridgehead atoms. The molecular weight excluding hydrogens is 560 g/mol. The summed E-state index contributed by atoms with van der Waals surface area (Å²) in [5, 5.41) is 5.50. The fraction of sp³-hybridized carbons (Fsp3) is 0.357. The second-order valence-corrected chi connectivity index (χ2v) is 10.2. The predicted molar refractivity (Wildman–Crippen MR) is 144 cm³/mol. The highest BCUT2D eigenvalue weighted by Crippen LogP contribution is 2.40. The molecule has 0 spiro atoms. The van der Waals surface area contributed by atoms with Crippen LogP contribution in [0.2, 0.25) is 0 Å². The number of fused-ring (bicyclic) bond motifs is 1. The molecule has 1 fully saturated rings. The number of hydrogen-bond acceptors (Lipinski definition) is 8. The van der Waals surface area contributed by atoms with Crippen LogP contribution in [0.4, 0.5) is 29.2 Å². The van der Waals surface area contributed by atoms with Crippen LogP contribution in [-0.2, 0) is 12.7 Å². The lowest BCUT2D eigenvalue weighted by Gasteiger charge is -2.32. The molecule has 14 heteroatoms. The molecule has 0 saturated carbocycles. The Morgan fingerprint density at radius 2 is 1.93 bits per heavy atom. The third-order valence-corrected chi connectivity index (χ3v) is 7.12. The van der Waals surface area contributed by atoms with Crippen molar-refractivity contribution < 1.29 is 36.6 Å². The van der Waals surface area contributed by atoms with E-state index < -0.39 is 35.7 Å². The van der Waals surface area contributed by atoms with Crippen LogP contribution in [0, 0.1) is 0 Å². The average molecular weight is 589 g/mol. The van der Waals surface area contributed by atoms with Gasteiger partial charge in [-0.05, 0) is 43.3 Å². The molecule has 2 aromatic carbocycles. The van der Waals surface area contributed by atoms with Crippen molar-refractivity contribution in [3.63, 3.8) is 0 Å². The van der Waals surface area contributed by atoms with Gasteiger partial charge in [-0.3, -0.25) is 9.59 Å². The maximum absolute atomic E-state index is 14.4. The van der Waals surface area contributed by atoms with Gasteiger partial charge >= 0.3 is 6.18 Å². The first-order valence-electron chi connectivity index (χ1n) is 13.0. The van der Waals surface area contributed by atoms with Gasteiger partial charge in [-0.1, -0.05) is 12.1 Å². The summed E-state index contributed by atoms with van der Waals surface area (Å²) in [5.41, 5.74) is 0.000541. The van der Waals surface area contributed by atoms with E-state index in [4.69, 9.17) is 9.47 Å². The Morgan fingerprint density at radius 3 is 2.64 bits per heavy atom. The van der Waals surface area contributed by atoms with E-state index in [-0.39, 0.29) is 46.7 Å². The van der Waals surface area contributed by atoms with Gasteiger partial charge in [0.2, 0.25) is 11.8 Å². The largest absolute Gasteiger partial charge is 0.495 e. The van der Waals surface area contributed by atoms with E-state index in [0.717, 1.165) is 0 Å². The summed E-state index contributed by atoms with van der Waals surface area (Å²) in [4.78, 5) is 36.4. The van der Waals surface area contributed by atoms with Crippen LogP contribution in [0.1, 0.15) is 38.3 Å². The Labute approximate surface area is 238 Å². The van der Waals surface area contributed by atoms with Crippen LogP contribution in [-0.4, -0.2) is 78.1 Å². The molecule has 1 unspecified atom stereocenters. The highest BCUT2D eigenvalue weighted by Gasteiger charge is 2.38. The van der Waals surface area contributed by atoms with Gasteiger partial charge in [0, 0.05) is 38.4 Å². The van der Waals surface area contributed by atoms with Gasteiger partial charge in [-0.2, -0.15) is 18.2 Å². The molecule has 3 heterocycles. The number of piperidine rings is 1. The van der Waals surface area contributed by atoms with Gasteiger partial charge in [0.05, 0.1) is 24.4 Å². The van der Waals surface area contributed by atoms with Gasteiger partial charge < -0.3 is 29.9 Å². The number of carbonyl (C=O) groups is 2. The van der Waals surface area contributed by atoms with Crippen molar-refractivity contribution in [3.05, 3.63) is 64.8 Å². The van der Waals surface area contributed by atoms with E-state index in [2.05, 4.69) is 20.6 Å². The fourth-order valence-corrected chi connectivity index (χ4v) is 4.88. The number of carbonyl (C=O) groups excluding carboxylic acids is 2. The lowest BCUT2D eigenvalue weighted by atomic mass is 10.0.